The summed E-state index contributed by atoms with van der Waals surface area (Å²) in [5.41, 5.74) is 3.07. The molecule has 0 aliphatic carbocycles. The van der Waals surface area contributed by atoms with Gasteiger partial charge in [0.1, 0.15) is 11.4 Å². The standard InChI is InChI=1S/C19H27N3O3/c1-6-12(2)16(11-23)20-19(24)15-7-8-18(25-5)17(10-15)22-14(4)9-13(3)21-22/h7-10,12,16,23H,6,11H2,1-5H3,(H,20,24)/t12-,16-/m1/s1. The number of ether oxygens (including phenoxy) is 1. The highest BCUT2D eigenvalue weighted by Crippen LogP contribution is 2.25. The van der Waals surface area contributed by atoms with Crippen LogP contribution in [0.15, 0.2) is 24.3 Å². The van der Waals surface area contributed by atoms with Crippen molar-refractivity contribution < 1.29 is 14.6 Å². The summed E-state index contributed by atoms with van der Waals surface area (Å²) in [5, 5.41) is 16.9. The summed E-state index contributed by atoms with van der Waals surface area (Å²) in [5.74, 6) is 0.621. The summed E-state index contributed by atoms with van der Waals surface area (Å²) in [6, 6.07) is 6.94. The van der Waals surface area contributed by atoms with Crippen molar-refractivity contribution in [3.8, 4) is 11.4 Å². The van der Waals surface area contributed by atoms with Crippen molar-refractivity contribution in [3.05, 3.63) is 41.2 Å². The fourth-order valence-electron chi connectivity index (χ4n) is 2.77. The van der Waals surface area contributed by atoms with Gasteiger partial charge in [0.15, 0.2) is 0 Å². The Bertz CT molecular complexity index is 740. The molecule has 0 unspecified atom stereocenters. The van der Waals surface area contributed by atoms with E-state index in [0.29, 0.717) is 17.0 Å². The van der Waals surface area contributed by atoms with Crippen LogP contribution in [0, 0.1) is 19.8 Å². The minimum atomic E-state index is -0.267. The first kappa shape index (κ1) is 19.0. The van der Waals surface area contributed by atoms with Gasteiger partial charge >= 0.3 is 0 Å². The number of hydrogen-bond donors (Lipinski definition) is 2. The highest BCUT2D eigenvalue weighted by Gasteiger charge is 2.20. The Balaban J connectivity index is 2.35. The number of carbonyl (C=O) groups excluding carboxylic acids is 1. The molecule has 2 atom stereocenters. The Morgan fingerprint density at radius 1 is 1.36 bits per heavy atom. The topological polar surface area (TPSA) is 76.4 Å². The molecule has 136 valence electrons. The number of methoxy groups -OCH3 is 1. The van der Waals surface area contributed by atoms with E-state index >= 15 is 0 Å². The van der Waals surface area contributed by atoms with E-state index < -0.39 is 0 Å². The van der Waals surface area contributed by atoms with E-state index in [2.05, 4.69) is 10.4 Å². The van der Waals surface area contributed by atoms with Gasteiger partial charge in [-0.2, -0.15) is 5.10 Å². The first-order valence-electron chi connectivity index (χ1n) is 8.54. The van der Waals surface area contributed by atoms with Gasteiger partial charge in [-0.25, -0.2) is 4.68 Å². The minimum absolute atomic E-state index is 0.0821. The smallest absolute Gasteiger partial charge is 0.251 e. The van der Waals surface area contributed by atoms with Gasteiger partial charge in [-0.05, 0) is 44.0 Å². The number of amides is 1. The fourth-order valence-corrected chi connectivity index (χ4v) is 2.77. The van der Waals surface area contributed by atoms with E-state index in [9.17, 15) is 9.90 Å². The Hall–Kier alpha value is -2.34. The van der Waals surface area contributed by atoms with Crippen molar-refractivity contribution in [2.24, 2.45) is 5.92 Å². The molecule has 1 heterocycles. The van der Waals surface area contributed by atoms with Crippen molar-refractivity contribution in [2.45, 2.75) is 40.2 Å². The predicted molar refractivity (Wildman–Crippen MR) is 97.4 cm³/mol. The molecule has 1 aromatic carbocycles. The number of aryl methyl sites for hydroxylation is 2. The molecule has 0 saturated heterocycles. The number of aliphatic hydroxyl groups excluding tert-OH is 1. The summed E-state index contributed by atoms with van der Waals surface area (Å²) < 4.78 is 7.19. The van der Waals surface area contributed by atoms with Crippen LogP contribution in [0.2, 0.25) is 0 Å². The molecule has 0 aliphatic rings. The van der Waals surface area contributed by atoms with E-state index in [1.807, 2.05) is 33.8 Å². The molecule has 2 rings (SSSR count). The van der Waals surface area contributed by atoms with Crippen LogP contribution < -0.4 is 10.1 Å². The second kappa shape index (κ2) is 8.16. The van der Waals surface area contributed by atoms with Gasteiger partial charge in [0.25, 0.3) is 5.91 Å². The average molecular weight is 345 g/mol. The lowest BCUT2D eigenvalue weighted by Gasteiger charge is -2.22. The molecule has 0 fully saturated rings. The molecule has 25 heavy (non-hydrogen) atoms. The van der Waals surface area contributed by atoms with E-state index in [1.54, 1.807) is 30.0 Å². The number of aromatic nitrogens is 2. The Morgan fingerprint density at radius 2 is 2.08 bits per heavy atom. The molecule has 2 N–H and O–H groups in total. The van der Waals surface area contributed by atoms with E-state index in [0.717, 1.165) is 17.8 Å². The lowest BCUT2D eigenvalue weighted by molar-refractivity contribution is 0.0891. The zero-order chi connectivity index (χ0) is 18.6. The predicted octanol–water partition coefficient (Wildman–Crippen LogP) is 2.63. The maximum Gasteiger partial charge on any atom is 0.251 e. The van der Waals surface area contributed by atoms with Crippen molar-refractivity contribution >= 4 is 5.91 Å². The van der Waals surface area contributed by atoms with Crippen LogP contribution >= 0.6 is 0 Å². The van der Waals surface area contributed by atoms with Crippen LogP contribution in [-0.2, 0) is 0 Å². The average Bonchev–Trinajstić information content (AvgIpc) is 2.96. The van der Waals surface area contributed by atoms with Crippen LogP contribution in [0.3, 0.4) is 0 Å². The van der Waals surface area contributed by atoms with Crippen molar-refractivity contribution in [1.82, 2.24) is 15.1 Å². The summed E-state index contributed by atoms with van der Waals surface area (Å²) in [4.78, 5) is 12.6. The molecule has 0 aliphatic heterocycles. The van der Waals surface area contributed by atoms with Crippen LogP contribution in [0.5, 0.6) is 5.75 Å². The van der Waals surface area contributed by atoms with Gasteiger partial charge in [0.2, 0.25) is 0 Å². The molecular formula is C19H27N3O3. The van der Waals surface area contributed by atoms with Gasteiger partial charge in [0.05, 0.1) is 25.5 Å². The van der Waals surface area contributed by atoms with Crippen LogP contribution in [0.25, 0.3) is 5.69 Å². The number of rotatable bonds is 7. The highest BCUT2D eigenvalue weighted by molar-refractivity contribution is 5.95. The normalized spacial score (nSPS) is 13.4. The van der Waals surface area contributed by atoms with Crippen molar-refractivity contribution in [2.75, 3.05) is 13.7 Å². The third-order valence-electron chi connectivity index (χ3n) is 4.52. The summed E-state index contributed by atoms with van der Waals surface area (Å²) in [7, 11) is 1.59. The lowest BCUT2D eigenvalue weighted by Crippen LogP contribution is -2.41. The Labute approximate surface area is 148 Å². The Kier molecular flexibility index (Phi) is 6.20. The van der Waals surface area contributed by atoms with Crippen LogP contribution in [0.1, 0.15) is 42.0 Å². The number of nitrogens with one attached hydrogen (secondary N) is 1. The number of nitrogens with zero attached hydrogens (tertiary/aromatic N) is 2. The van der Waals surface area contributed by atoms with Gasteiger partial charge in [-0.1, -0.05) is 20.3 Å². The van der Waals surface area contributed by atoms with Gasteiger partial charge < -0.3 is 15.2 Å². The molecule has 1 aromatic heterocycles. The monoisotopic (exact) mass is 345 g/mol. The Morgan fingerprint density at radius 3 is 2.60 bits per heavy atom. The quantitative estimate of drug-likeness (QED) is 0.809. The maximum atomic E-state index is 12.6. The maximum absolute atomic E-state index is 12.6. The number of aliphatic hydroxyl groups is 1. The van der Waals surface area contributed by atoms with Crippen molar-refractivity contribution in [3.63, 3.8) is 0 Å². The zero-order valence-corrected chi connectivity index (χ0v) is 15.5. The molecule has 6 heteroatoms. The van der Waals surface area contributed by atoms with Crippen LogP contribution in [0.4, 0.5) is 0 Å². The molecule has 6 nitrogen and oxygen atoms in total. The molecular weight excluding hydrogens is 318 g/mol. The van der Waals surface area contributed by atoms with Crippen molar-refractivity contribution in [1.29, 1.82) is 0 Å². The summed E-state index contributed by atoms with van der Waals surface area (Å²) >= 11 is 0. The third-order valence-corrected chi connectivity index (χ3v) is 4.52. The first-order valence-corrected chi connectivity index (χ1v) is 8.54. The highest BCUT2D eigenvalue weighted by atomic mass is 16.5. The summed E-state index contributed by atoms with van der Waals surface area (Å²) in [6.07, 6.45) is 0.880. The molecule has 0 saturated carbocycles. The zero-order valence-electron chi connectivity index (χ0n) is 15.5. The van der Waals surface area contributed by atoms with E-state index in [4.69, 9.17) is 4.74 Å². The van der Waals surface area contributed by atoms with E-state index in [1.165, 1.54) is 0 Å². The van der Waals surface area contributed by atoms with E-state index in [-0.39, 0.29) is 24.5 Å². The second-order valence-electron chi connectivity index (χ2n) is 6.37. The third kappa shape index (κ3) is 4.20. The SMILES string of the molecule is CC[C@@H](C)[C@@H](CO)NC(=O)c1ccc(OC)c(-n2nc(C)cc2C)c1. The molecule has 1 amide bonds. The largest absolute Gasteiger partial charge is 0.494 e. The van der Waals surface area contributed by atoms with Gasteiger partial charge in [-0.3, -0.25) is 4.79 Å². The molecule has 0 bridgehead atoms. The molecule has 2 aromatic rings. The van der Waals surface area contributed by atoms with Crippen LogP contribution in [-0.4, -0.2) is 40.6 Å². The number of carbonyl (C=O) groups is 1. The molecule has 0 spiro atoms. The molecule has 0 radical (unpaired) electrons. The lowest BCUT2D eigenvalue weighted by atomic mass is 9.99. The van der Waals surface area contributed by atoms with Gasteiger partial charge in [-0.15, -0.1) is 0 Å². The second-order valence-corrected chi connectivity index (χ2v) is 6.37. The summed E-state index contributed by atoms with van der Waals surface area (Å²) in [6.45, 7) is 7.84. The fraction of sp³-hybridized carbons (Fsp3) is 0.474. The number of hydrogen-bond acceptors (Lipinski definition) is 4. The number of benzene rings is 1. The van der Waals surface area contributed by atoms with Gasteiger partial charge in [0, 0.05) is 11.3 Å². The first-order chi connectivity index (χ1) is 11.9. The minimum Gasteiger partial charge on any atom is -0.494 e.